The Morgan fingerprint density at radius 1 is 1.06 bits per heavy atom. The number of hydrogen-bond acceptors (Lipinski definition) is 2. The highest BCUT2D eigenvalue weighted by Crippen LogP contribution is 2.31. The van der Waals surface area contributed by atoms with Crippen LogP contribution in [0, 0.1) is 5.41 Å². The van der Waals surface area contributed by atoms with Crippen LogP contribution in [0.25, 0.3) is 0 Å². The fourth-order valence-corrected chi connectivity index (χ4v) is 2.37. The third-order valence-electron chi connectivity index (χ3n) is 3.66. The van der Waals surface area contributed by atoms with Crippen molar-refractivity contribution in [3.05, 3.63) is 29.8 Å². The minimum atomic E-state index is 0.107. The first-order chi connectivity index (χ1) is 7.98. The van der Waals surface area contributed by atoms with Crippen LogP contribution in [0.3, 0.4) is 0 Å². The largest absolute Gasteiger partial charge is 0.372 e. The highest BCUT2D eigenvalue weighted by molar-refractivity contribution is 5.48. The van der Waals surface area contributed by atoms with Gasteiger partial charge in [0, 0.05) is 24.8 Å². The molecule has 1 aromatic rings. The molecule has 0 radical (unpaired) electrons. The molecule has 1 fully saturated rings. The summed E-state index contributed by atoms with van der Waals surface area (Å²) < 4.78 is 0. The molecule has 0 amide bonds. The molecule has 0 saturated carbocycles. The Balaban J connectivity index is 2.12. The van der Waals surface area contributed by atoms with E-state index in [4.69, 9.17) is 5.73 Å². The van der Waals surface area contributed by atoms with E-state index in [1.807, 2.05) is 0 Å². The predicted molar refractivity (Wildman–Crippen MR) is 74.3 cm³/mol. The molecule has 2 nitrogen and oxygen atoms in total. The van der Waals surface area contributed by atoms with Crippen molar-refractivity contribution < 1.29 is 0 Å². The maximum atomic E-state index is 6.26. The van der Waals surface area contributed by atoms with Crippen molar-refractivity contribution in [1.29, 1.82) is 0 Å². The van der Waals surface area contributed by atoms with E-state index in [-0.39, 0.29) is 11.5 Å². The van der Waals surface area contributed by atoms with Gasteiger partial charge in [0.2, 0.25) is 0 Å². The van der Waals surface area contributed by atoms with Crippen molar-refractivity contribution in [2.75, 3.05) is 18.0 Å². The second-order valence-corrected chi connectivity index (χ2v) is 6.13. The molecule has 0 unspecified atom stereocenters. The lowest BCUT2D eigenvalue weighted by Crippen LogP contribution is -2.26. The number of nitrogens with zero attached hydrogens (tertiary/aromatic N) is 1. The Hall–Kier alpha value is -1.02. The highest BCUT2D eigenvalue weighted by Gasteiger charge is 2.22. The van der Waals surface area contributed by atoms with E-state index < -0.39 is 0 Å². The summed E-state index contributed by atoms with van der Waals surface area (Å²) in [6.45, 7) is 8.96. The summed E-state index contributed by atoms with van der Waals surface area (Å²) in [4.78, 5) is 2.45. The van der Waals surface area contributed by atoms with Gasteiger partial charge in [0.15, 0.2) is 0 Å². The molecule has 0 aromatic heterocycles. The molecule has 0 spiro atoms. The van der Waals surface area contributed by atoms with Crippen LogP contribution in [0.15, 0.2) is 24.3 Å². The van der Waals surface area contributed by atoms with E-state index in [2.05, 4.69) is 49.9 Å². The summed E-state index contributed by atoms with van der Waals surface area (Å²) in [5, 5.41) is 0. The van der Waals surface area contributed by atoms with E-state index >= 15 is 0 Å². The fraction of sp³-hybridized carbons (Fsp3) is 0.600. The molecule has 1 atom stereocenters. The highest BCUT2D eigenvalue weighted by atomic mass is 15.1. The third kappa shape index (κ3) is 2.81. The predicted octanol–water partition coefficient (Wildman–Crippen LogP) is 3.33. The van der Waals surface area contributed by atoms with Gasteiger partial charge < -0.3 is 10.6 Å². The topological polar surface area (TPSA) is 29.3 Å². The van der Waals surface area contributed by atoms with Crippen molar-refractivity contribution in [3.8, 4) is 0 Å². The average molecular weight is 232 g/mol. The SMILES string of the molecule is CC(C)(C)[C@H](N)c1ccc(N2CCCC2)cc1. The van der Waals surface area contributed by atoms with Crippen LogP contribution in [-0.4, -0.2) is 13.1 Å². The summed E-state index contributed by atoms with van der Waals surface area (Å²) in [6.07, 6.45) is 2.65. The molecule has 0 bridgehead atoms. The standard InChI is InChI=1S/C15H24N2/c1-15(2,3)14(16)12-6-8-13(9-7-12)17-10-4-5-11-17/h6-9,14H,4-5,10-11,16H2,1-3H3/t14-/m1/s1. The van der Waals surface area contributed by atoms with Gasteiger partial charge in [0.05, 0.1) is 0 Å². The average Bonchev–Trinajstić information content (AvgIpc) is 2.80. The first kappa shape index (κ1) is 12.4. The normalized spacial score (nSPS) is 18.5. The van der Waals surface area contributed by atoms with Gasteiger partial charge in [0.1, 0.15) is 0 Å². The molecular weight excluding hydrogens is 208 g/mol. The molecule has 94 valence electrons. The second-order valence-electron chi connectivity index (χ2n) is 6.13. The second kappa shape index (κ2) is 4.69. The fourth-order valence-electron chi connectivity index (χ4n) is 2.37. The summed E-state index contributed by atoms with van der Waals surface area (Å²) in [5.41, 5.74) is 8.96. The first-order valence-corrected chi connectivity index (χ1v) is 6.59. The molecular formula is C15H24N2. The Bertz CT molecular complexity index is 356. The summed E-state index contributed by atoms with van der Waals surface area (Å²) in [5.74, 6) is 0. The van der Waals surface area contributed by atoms with Crippen LogP contribution in [0.5, 0.6) is 0 Å². The van der Waals surface area contributed by atoms with E-state index in [9.17, 15) is 0 Å². The number of nitrogens with two attached hydrogens (primary N) is 1. The molecule has 1 heterocycles. The van der Waals surface area contributed by atoms with E-state index in [1.165, 1.54) is 37.2 Å². The lowest BCUT2D eigenvalue weighted by molar-refractivity contribution is 0.327. The van der Waals surface area contributed by atoms with Crippen LogP contribution in [0.4, 0.5) is 5.69 Å². The zero-order valence-corrected chi connectivity index (χ0v) is 11.2. The van der Waals surface area contributed by atoms with E-state index in [0.29, 0.717) is 0 Å². The molecule has 1 aromatic carbocycles. The quantitative estimate of drug-likeness (QED) is 0.847. The Kier molecular flexibility index (Phi) is 3.43. The number of hydrogen-bond donors (Lipinski definition) is 1. The maximum absolute atomic E-state index is 6.26. The molecule has 1 aliphatic heterocycles. The minimum Gasteiger partial charge on any atom is -0.372 e. The van der Waals surface area contributed by atoms with Gasteiger partial charge in [-0.05, 0) is 36.0 Å². The third-order valence-corrected chi connectivity index (χ3v) is 3.66. The van der Waals surface area contributed by atoms with Crippen molar-refractivity contribution >= 4 is 5.69 Å². The number of rotatable bonds is 2. The molecule has 1 saturated heterocycles. The summed E-state index contributed by atoms with van der Waals surface area (Å²) in [7, 11) is 0. The molecule has 2 rings (SSSR count). The molecule has 0 aliphatic carbocycles. The van der Waals surface area contributed by atoms with Gasteiger partial charge in [-0.25, -0.2) is 0 Å². The van der Waals surface area contributed by atoms with Crippen molar-refractivity contribution in [3.63, 3.8) is 0 Å². The van der Waals surface area contributed by atoms with Gasteiger partial charge in [-0.1, -0.05) is 32.9 Å². The smallest absolute Gasteiger partial charge is 0.0366 e. The minimum absolute atomic E-state index is 0.107. The van der Waals surface area contributed by atoms with Crippen molar-refractivity contribution in [1.82, 2.24) is 0 Å². The van der Waals surface area contributed by atoms with E-state index in [0.717, 1.165) is 0 Å². The lowest BCUT2D eigenvalue weighted by atomic mass is 9.83. The van der Waals surface area contributed by atoms with Crippen LogP contribution < -0.4 is 10.6 Å². The van der Waals surface area contributed by atoms with Gasteiger partial charge in [-0.2, -0.15) is 0 Å². The Morgan fingerprint density at radius 3 is 2.06 bits per heavy atom. The van der Waals surface area contributed by atoms with Crippen LogP contribution in [0.2, 0.25) is 0 Å². The molecule has 17 heavy (non-hydrogen) atoms. The first-order valence-electron chi connectivity index (χ1n) is 6.59. The van der Waals surface area contributed by atoms with Gasteiger partial charge >= 0.3 is 0 Å². The van der Waals surface area contributed by atoms with Crippen LogP contribution >= 0.6 is 0 Å². The molecule has 1 aliphatic rings. The van der Waals surface area contributed by atoms with Crippen molar-refractivity contribution in [2.45, 2.75) is 39.7 Å². The summed E-state index contributed by atoms with van der Waals surface area (Å²) in [6, 6.07) is 8.90. The monoisotopic (exact) mass is 232 g/mol. The Morgan fingerprint density at radius 2 is 1.59 bits per heavy atom. The zero-order valence-electron chi connectivity index (χ0n) is 11.2. The molecule has 2 heteroatoms. The van der Waals surface area contributed by atoms with Crippen molar-refractivity contribution in [2.24, 2.45) is 11.1 Å². The number of benzene rings is 1. The lowest BCUT2D eigenvalue weighted by Gasteiger charge is -2.28. The zero-order chi connectivity index (χ0) is 12.5. The summed E-state index contributed by atoms with van der Waals surface area (Å²) >= 11 is 0. The van der Waals surface area contributed by atoms with Crippen LogP contribution in [-0.2, 0) is 0 Å². The van der Waals surface area contributed by atoms with E-state index in [1.54, 1.807) is 0 Å². The van der Waals surface area contributed by atoms with Gasteiger partial charge in [-0.15, -0.1) is 0 Å². The van der Waals surface area contributed by atoms with Gasteiger partial charge in [0.25, 0.3) is 0 Å². The van der Waals surface area contributed by atoms with Crippen LogP contribution in [0.1, 0.15) is 45.2 Å². The Labute approximate surface area is 105 Å². The maximum Gasteiger partial charge on any atom is 0.0366 e. The molecule has 2 N–H and O–H groups in total. The number of anilines is 1. The van der Waals surface area contributed by atoms with Gasteiger partial charge in [-0.3, -0.25) is 0 Å².